The van der Waals surface area contributed by atoms with Gasteiger partial charge < -0.3 is 10.6 Å². The highest BCUT2D eigenvalue weighted by Crippen LogP contribution is 2.36. The Morgan fingerprint density at radius 2 is 2.15 bits per heavy atom. The maximum atomic E-state index is 11.5. The SMILES string of the molecule is CNC(=O)c1ccc(CN2CCC3(CCNC3)C2)cc1. The molecule has 3 rings (SSSR count). The number of nitrogens with one attached hydrogen (secondary N) is 2. The minimum absolute atomic E-state index is 0.0197. The molecule has 2 fully saturated rings. The zero-order valence-electron chi connectivity index (χ0n) is 12.1. The van der Waals surface area contributed by atoms with Crippen LogP contribution in [0.2, 0.25) is 0 Å². The summed E-state index contributed by atoms with van der Waals surface area (Å²) in [5.41, 5.74) is 2.55. The predicted molar refractivity (Wildman–Crippen MR) is 79.6 cm³/mol. The summed E-state index contributed by atoms with van der Waals surface area (Å²) in [4.78, 5) is 14.1. The Labute approximate surface area is 120 Å². The van der Waals surface area contributed by atoms with Crippen LogP contribution >= 0.6 is 0 Å². The van der Waals surface area contributed by atoms with Crippen molar-refractivity contribution in [1.82, 2.24) is 15.5 Å². The molecule has 1 amide bonds. The van der Waals surface area contributed by atoms with Crippen LogP contribution in [0.1, 0.15) is 28.8 Å². The minimum atomic E-state index is -0.0197. The molecule has 2 aliphatic rings. The van der Waals surface area contributed by atoms with Gasteiger partial charge in [-0.2, -0.15) is 0 Å². The largest absolute Gasteiger partial charge is 0.355 e. The average Bonchev–Trinajstić information content (AvgIpc) is 3.09. The van der Waals surface area contributed by atoms with Gasteiger partial charge in [0.1, 0.15) is 0 Å². The molecule has 20 heavy (non-hydrogen) atoms. The second kappa shape index (κ2) is 5.54. The Balaban J connectivity index is 1.60. The standard InChI is InChI=1S/C16H23N3O/c1-17-15(20)14-4-2-13(3-5-14)10-19-9-7-16(12-19)6-8-18-11-16/h2-5,18H,6-12H2,1H3,(H,17,20). The summed E-state index contributed by atoms with van der Waals surface area (Å²) in [6.07, 6.45) is 2.63. The fourth-order valence-corrected chi connectivity index (χ4v) is 3.47. The van der Waals surface area contributed by atoms with Crippen LogP contribution in [-0.4, -0.2) is 44.0 Å². The van der Waals surface area contributed by atoms with Gasteiger partial charge in [-0.3, -0.25) is 9.69 Å². The highest BCUT2D eigenvalue weighted by molar-refractivity contribution is 5.93. The van der Waals surface area contributed by atoms with Crippen molar-refractivity contribution in [3.8, 4) is 0 Å². The zero-order valence-corrected chi connectivity index (χ0v) is 12.1. The number of benzene rings is 1. The summed E-state index contributed by atoms with van der Waals surface area (Å²) < 4.78 is 0. The predicted octanol–water partition coefficient (Wildman–Crippen LogP) is 1.23. The molecular weight excluding hydrogens is 250 g/mol. The van der Waals surface area contributed by atoms with Gasteiger partial charge in [0.05, 0.1) is 0 Å². The van der Waals surface area contributed by atoms with Crippen molar-refractivity contribution in [1.29, 1.82) is 0 Å². The fraction of sp³-hybridized carbons (Fsp3) is 0.562. The molecule has 0 radical (unpaired) electrons. The quantitative estimate of drug-likeness (QED) is 0.870. The van der Waals surface area contributed by atoms with Crippen molar-refractivity contribution in [2.75, 3.05) is 33.2 Å². The summed E-state index contributed by atoms with van der Waals surface area (Å²) in [5, 5.41) is 6.15. The normalized spacial score (nSPS) is 26.2. The van der Waals surface area contributed by atoms with E-state index in [1.54, 1.807) is 7.05 Å². The van der Waals surface area contributed by atoms with Gasteiger partial charge in [0, 0.05) is 32.2 Å². The average molecular weight is 273 g/mol. The van der Waals surface area contributed by atoms with E-state index in [0.29, 0.717) is 5.41 Å². The van der Waals surface area contributed by atoms with Gasteiger partial charge in [-0.15, -0.1) is 0 Å². The van der Waals surface area contributed by atoms with Crippen LogP contribution < -0.4 is 10.6 Å². The molecule has 2 N–H and O–H groups in total. The maximum Gasteiger partial charge on any atom is 0.251 e. The molecule has 1 spiro atoms. The van der Waals surface area contributed by atoms with Crippen molar-refractivity contribution in [3.63, 3.8) is 0 Å². The Morgan fingerprint density at radius 3 is 2.80 bits per heavy atom. The topological polar surface area (TPSA) is 44.4 Å². The van der Waals surface area contributed by atoms with E-state index >= 15 is 0 Å². The Morgan fingerprint density at radius 1 is 1.35 bits per heavy atom. The van der Waals surface area contributed by atoms with Gasteiger partial charge in [-0.25, -0.2) is 0 Å². The van der Waals surface area contributed by atoms with Crippen molar-refractivity contribution in [2.24, 2.45) is 5.41 Å². The molecule has 108 valence electrons. The molecule has 0 aliphatic carbocycles. The van der Waals surface area contributed by atoms with E-state index in [0.717, 1.165) is 12.1 Å². The van der Waals surface area contributed by atoms with E-state index in [2.05, 4.69) is 27.7 Å². The smallest absolute Gasteiger partial charge is 0.251 e. The van der Waals surface area contributed by atoms with Crippen LogP contribution in [0, 0.1) is 5.41 Å². The van der Waals surface area contributed by atoms with Gasteiger partial charge in [0.25, 0.3) is 5.91 Å². The zero-order chi connectivity index (χ0) is 14.0. The highest BCUT2D eigenvalue weighted by atomic mass is 16.1. The van der Waals surface area contributed by atoms with Gasteiger partial charge in [0.2, 0.25) is 0 Å². The number of carbonyl (C=O) groups is 1. The summed E-state index contributed by atoms with van der Waals surface area (Å²) in [7, 11) is 1.66. The van der Waals surface area contributed by atoms with Crippen molar-refractivity contribution < 1.29 is 4.79 Å². The number of hydrogen-bond acceptors (Lipinski definition) is 3. The molecule has 4 heteroatoms. The van der Waals surface area contributed by atoms with Crippen molar-refractivity contribution in [2.45, 2.75) is 19.4 Å². The summed E-state index contributed by atoms with van der Waals surface area (Å²) in [6, 6.07) is 7.97. The Hall–Kier alpha value is -1.39. The van der Waals surface area contributed by atoms with Gasteiger partial charge in [-0.1, -0.05) is 12.1 Å². The molecule has 0 saturated carbocycles. The lowest BCUT2D eigenvalue weighted by molar-refractivity contribution is 0.0963. The second-order valence-corrected chi connectivity index (χ2v) is 6.16. The third-order valence-electron chi connectivity index (χ3n) is 4.70. The van der Waals surface area contributed by atoms with Crippen molar-refractivity contribution in [3.05, 3.63) is 35.4 Å². The number of nitrogens with zero attached hydrogens (tertiary/aromatic N) is 1. The third-order valence-corrected chi connectivity index (χ3v) is 4.70. The molecule has 4 nitrogen and oxygen atoms in total. The molecule has 0 aromatic heterocycles. The van der Waals surface area contributed by atoms with Crippen LogP contribution in [0.25, 0.3) is 0 Å². The lowest BCUT2D eigenvalue weighted by Gasteiger charge is -2.22. The highest BCUT2D eigenvalue weighted by Gasteiger charge is 2.39. The monoisotopic (exact) mass is 273 g/mol. The molecule has 0 bridgehead atoms. The molecule has 2 aliphatic heterocycles. The van der Waals surface area contributed by atoms with Crippen molar-refractivity contribution >= 4 is 5.91 Å². The van der Waals surface area contributed by atoms with E-state index in [1.807, 2.05) is 12.1 Å². The fourth-order valence-electron chi connectivity index (χ4n) is 3.47. The van der Waals surface area contributed by atoms with Crippen LogP contribution in [0.15, 0.2) is 24.3 Å². The van der Waals surface area contributed by atoms with E-state index < -0.39 is 0 Å². The van der Waals surface area contributed by atoms with Crippen LogP contribution in [0.3, 0.4) is 0 Å². The first-order chi connectivity index (χ1) is 9.71. The van der Waals surface area contributed by atoms with E-state index in [1.165, 1.54) is 44.6 Å². The number of carbonyl (C=O) groups excluding carboxylic acids is 1. The van der Waals surface area contributed by atoms with Crippen LogP contribution in [0.4, 0.5) is 0 Å². The number of likely N-dealkylation sites (tertiary alicyclic amines) is 1. The Bertz CT molecular complexity index is 477. The van der Waals surface area contributed by atoms with Crippen LogP contribution in [0.5, 0.6) is 0 Å². The second-order valence-electron chi connectivity index (χ2n) is 6.16. The lowest BCUT2D eigenvalue weighted by Crippen LogP contribution is -2.28. The summed E-state index contributed by atoms with van der Waals surface area (Å²) in [6.45, 7) is 5.75. The number of amides is 1. The first kappa shape index (κ1) is 13.6. The molecule has 1 unspecified atom stereocenters. The van der Waals surface area contributed by atoms with E-state index in [-0.39, 0.29) is 5.91 Å². The van der Waals surface area contributed by atoms with Gasteiger partial charge in [0.15, 0.2) is 0 Å². The minimum Gasteiger partial charge on any atom is -0.355 e. The van der Waals surface area contributed by atoms with E-state index in [9.17, 15) is 4.79 Å². The number of rotatable bonds is 3. The molecule has 2 heterocycles. The van der Waals surface area contributed by atoms with Gasteiger partial charge in [-0.05, 0) is 49.0 Å². The number of hydrogen-bond donors (Lipinski definition) is 2. The Kier molecular flexibility index (Phi) is 3.76. The first-order valence-corrected chi connectivity index (χ1v) is 7.45. The van der Waals surface area contributed by atoms with E-state index in [4.69, 9.17) is 0 Å². The molecule has 1 aromatic carbocycles. The molecular formula is C16H23N3O. The molecule has 1 aromatic rings. The lowest BCUT2D eigenvalue weighted by atomic mass is 9.86. The maximum absolute atomic E-state index is 11.5. The van der Waals surface area contributed by atoms with Gasteiger partial charge >= 0.3 is 0 Å². The third kappa shape index (κ3) is 2.72. The molecule has 2 saturated heterocycles. The summed E-state index contributed by atoms with van der Waals surface area (Å²) >= 11 is 0. The summed E-state index contributed by atoms with van der Waals surface area (Å²) in [5.74, 6) is -0.0197. The first-order valence-electron chi connectivity index (χ1n) is 7.45. The molecule has 1 atom stereocenters. The van der Waals surface area contributed by atoms with Crippen LogP contribution in [-0.2, 0) is 6.54 Å².